The van der Waals surface area contributed by atoms with Crippen molar-refractivity contribution in [3.63, 3.8) is 0 Å². The van der Waals surface area contributed by atoms with Crippen LogP contribution in [0, 0.1) is 0 Å². The van der Waals surface area contributed by atoms with E-state index in [2.05, 4.69) is 343 Å². The Morgan fingerprint density at radius 1 is 0.167 bits per heavy atom. The lowest BCUT2D eigenvalue weighted by atomic mass is 9.91. The number of benzene rings is 18. The molecule has 8 nitrogen and oxygen atoms in total. The van der Waals surface area contributed by atoms with Gasteiger partial charge in [-0.05, 0) is 160 Å². The van der Waals surface area contributed by atoms with Gasteiger partial charge < -0.3 is 9.13 Å². The van der Waals surface area contributed by atoms with E-state index in [1.54, 1.807) is 0 Å². The molecule has 114 heavy (non-hydrogen) atoms. The van der Waals surface area contributed by atoms with Crippen LogP contribution >= 0.6 is 0 Å². The first-order valence-corrected chi connectivity index (χ1v) is 38.7. The number of hydrogen-bond donors (Lipinski definition) is 0. The van der Waals surface area contributed by atoms with Crippen LogP contribution in [0.1, 0.15) is 0 Å². The summed E-state index contributed by atoms with van der Waals surface area (Å²) in [5.41, 5.74) is 27.5. The number of fused-ring (bicyclic) bond motifs is 8. The molecule has 4 aromatic heterocycles. The van der Waals surface area contributed by atoms with Crippen LogP contribution in [-0.4, -0.2) is 39.0 Å². The Labute approximate surface area is 656 Å². The van der Waals surface area contributed by atoms with E-state index in [0.717, 1.165) is 60.9 Å². The van der Waals surface area contributed by atoms with Crippen molar-refractivity contribution in [1.29, 1.82) is 0 Å². The third-order valence-electron chi connectivity index (χ3n) is 23.1. The molecule has 0 bridgehead atoms. The first kappa shape index (κ1) is 64.6. The zero-order valence-corrected chi connectivity index (χ0v) is 61.5. The highest BCUT2D eigenvalue weighted by atomic mass is 15.1. The Hall–Kier alpha value is -15.4. The summed E-state index contributed by atoms with van der Waals surface area (Å²) < 4.78 is 4.98. The average molecular weight is 1450 g/mol. The van der Waals surface area contributed by atoms with Gasteiger partial charge in [0, 0.05) is 77.1 Å². The summed E-state index contributed by atoms with van der Waals surface area (Å²) in [4.78, 5) is 30.5. The second-order valence-corrected chi connectivity index (χ2v) is 29.5. The molecule has 0 N–H and O–H groups in total. The van der Waals surface area contributed by atoms with Crippen LogP contribution in [0.15, 0.2) is 388 Å². The van der Waals surface area contributed by atoms with E-state index in [1.807, 2.05) is 54.6 Å². The Bertz CT molecular complexity index is 7630. The quantitative estimate of drug-likeness (QED) is 0.136. The van der Waals surface area contributed by atoms with Gasteiger partial charge in [0.15, 0.2) is 34.9 Å². The fourth-order valence-corrected chi connectivity index (χ4v) is 18.1. The average Bonchev–Trinajstić information content (AvgIpc) is 1.54. The predicted molar refractivity (Wildman–Crippen MR) is 471 cm³/mol. The van der Waals surface area contributed by atoms with Gasteiger partial charge in [-0.15, -0.1) is 0 Å². The lowest BCUT2D eigenvalue weighted by Gasteiger charge is -2.18. The SMILES string of the molecule is c1ccc(-c2nc(-c3ccc(-n4c5cccc6c5c5c7c(cccc7cc(-c7ccccc7)c54)-c4ccccc4-6)cc3)nc(-c3ccc4ccccc4c3)n2)cc1.c1ccc(-c2nc(-c3ccccc3)nc(-c3ccc(-n4c5cccc6c5c5c7c(cccc7cc(-c7ccccc7)c54)-c4ccccc4-6)c4ccccc34)n2)cc1. The summed E-state index contributed by atoms with van der Waals surface area (Å²) in [6.45, 7) is 0. The molecule has 0 fully saturated rings. The van der Waals surface area contributed by atoms with Crippen LogP contribution in [0.25, 0.3) is 233 Å². The van der Waals surface area contributed by atoms with Gasteiger partial charge in [-0.3, -0.25) is 0 Å². The topological polar surface area (TPSA) is 87.2 Å². The molecule has 0 saturated carbocycles. The summed E-state index contributed by atoms with van der Waals surface area (Å²) in [6.07, 6.45) is 0. The van der Waals surface area contributed by atoms with E-state index >= 15 is 0 Å². The molecular weight excluding hydrogens is 1390 g/mol. The maximum atomic E-state index is 5.15. The van der Waals surface area contributed by atoms with Crippen molar-refractivity contribution in [2.24, 2.45) is 0 Å². The summed E-state index contributed by atoms with van der Waals surface area (Å²) >= 11 is 0. The molecule has 2 aliphatic carbocycles. The standard InChI is InChI=1S/2C53H32N4/c1-4-16-33(17-5-1)44-32-36-22-14-27-41-37-23-10-11-24-38(37)42-28-15-29-46-48(42)49(47(36)41)50(44)57(46)45-31-30-43(39-25-12-13-26-40(39)45)53-55-51(34-18-6-2-7-19-34)54-52(56-53)35-20-8-3-9-21-35;1-3-14-34(15-4-1)45-32-38-19-11-22-43-41-20-9-10-21-42(41)44-23-12-24-46-48(44)49(47(38)43)50(45)57(46)40-29-27-36(28-30-40)52-54-51(35-16-5-2-6-17-35)55-53(56-52)39-26-25-33-13-7-8-18-37(33)31-39/h2*1-32H. The molecule has 8 heteroatoms. The third kappa shape index (κ3) is 10.3. The zero-order valence-electron chi connectivity index (χ0n) is 61.5. The maximum absolute atomic E-state index is 5.15. The fraction of sp³-hybridized carbons (Fsp3) is 0. The van der Waals surface area contributed by atoms with Crippen LogP contribution in [0.3, 0.4) is 0 Å². The van der Waals surface area contributed by atoms with E-state index in [-0.39, 0.29) is 0 Å². The van der Waals surface area contributed by atoms with Crippen LogP contribution in [0.2, 0.25) is 0 Å². The minimum Gasteiger partial charge on any atom is -0.309 e. The highest BCUT2D eigenvalue weighted by Gasteiger charge is 2.31. The van der Waals surface area contributed by atoms with Crippen LogP contribution in [0.4, 0.5) is 0 Å². The Balaban J connectivity index is 0.000000135. The number of aromatic nitrogens is 8. The van der Waals surface area contributed by atoms with Gasteiger partial charge in [-0.2, -0.15) is 0 Å². The fourth-order valence-electron chi connectivity index (χ4n) is 18.1. The predicted octanol–water partition coefficient (Wildman–Crippen LogP) is 27.2. The van der Waals surface area contributed by atoms with Crippen molar-refractivity contribution in [2.75, 3.05) is 0 Å². The first-order valence-electron chi connectivity index (χ1n) is 38.7. The van der Waals surface area contributed by atoms with Crippen molar-refractivity contribution in [3.05, 3.63) is 388 Å². The van der Waals surface area contributed by atoms with E-state index in [0.29, 0.717) is 34.9 Å². The van der Waals surface area contributed by atoms with Gasteiger partial charge in [0.2, 0.25) is 0 Å². The van der Waals surface area contributed by atoms with Gasteiger partial charge in [0.05, 0.1) is 27.8 Å². The lowest BCUT2D eigenvalue weighted by Crippen LogP contribution is -2.02. The molecule has 2 aliphatic rings. The Morgan fingerprint density at radius 2 is 0.509 bits per heavy atom. The number of rotatable bonds is 10. The Kier molecular flexibility index (Phi) is 14.8. The van der Waals surface area contributed by atoms with Crippen molar-refractivity contribution >= 4 is 86.7 Å². The van der Waals surface area contributed by atoms with Gasteiger partial charge in [-0.25, -0.2) is 29.9 Å². The lowest BCUT2D eigenvalue weighted by molar-refractivity contribution is 1.07. The van der Waals surface area contributed by atoms with E-state index in [4.69, 9.17) is 29.9 Å². The first-order chi connectivity index (χ1) is 56.6. The van der Waals surface area contributed by atoms with E-state index in [1.165, 1.54) is 137 Å². The number of hydrogen-bond acceptors (Lipinski definition) is 6. The Morgan fingerprint density at radius 3 is 0.991 bits per heavy atom. The van der Waals surface area contributed by atoms with Gasteiger partial charge >= 0.3 is 0 Å². The molecule has 18 aromatic carbocycles. The van der Waals surface area contributed by atoms with Crippen molar-refractivity contribution in [1.82, 2.24) is 39.0 Å². The summed E-state index contributed by atoms with van der Waals surface area (Å²) in [7, 11) is 0. The van der Waals surface area contributed by atoms with Crippen molar-refractivity contribution < 1.29 is 0 Å². The van der Waals surface area contributed by atoms with Crippen LogP contribution in [-0.2, 0) is 0 Å². The molecule has 0 aliphatic heterocycles. The molecule has 0 unspecified atom stereocenters. The smallest absolute Gasteiger partial charge is 0.164 e. The molecule has 0 atom stereocenters. The summed E-state index contributed by atoms with van der Waals surface area (Å²) in [5, 5.41) is 14.7. The van der Waals surface area contributed by atoms with Crippen LogP contribution < -0.4 is 0 Å². The molecule has 0 amide bonds. The van der Waals surface area contributed by atoms with Gasteiger partial charge in [0.25, 0.3) is 0 Å². The molecule has 22 aromatic rings. The largest absolute Gasteiger partial charge is 0.309 e. The van der Waals surface area contributed by atoms with Gasteiger partial charge in [-0.1, -0.05) is 322 Å². The number of nitrogens with zero attached hydrogens (tertiary/aromatic N) is 8. The van der Waals surface area contributed by atoms with E-state index in [9.17, 15) is 0 Å². The maximum Gasteiger partial charge on any atom is 0.164 e. The molecule has 0 radical (unpaired) electrons. The second-order valence-electron chi connectivity index (χ2n) is 29.5. The highest BCUT2D eigenvalue weighted by molar-refractivity contribution is 6.35. The molecule has 0 saturated heterocycles. The minimum absolute atomic E-state index is 0.634. The molecule has 4 heterocycles. The second kappa shape index (κ2) is 26.2. The molecule has 528 valence electrons. The molecule has 24 rings (SSSR count). The monoisotopic (exact) mass is 1450 g/mol. The van der Waals surface area contributed by atoms with Gasteiger partial charge in [0.1, 0.15) is 0 Å². The summed E-state index contributed by atoms with van der Waals surface area (Å²) in [6, 6.07) is 138. The zero-order chi connectivity index (χ0) is 74.9. The van der Waals surface area contributed by atoms with Crippen molar-refractivity contribution in [3.8, 4) is 146 Å². The molecular formula is C106H64N8. The highest BCUT2D eigenvalue weighted by Crippen LogP contribution is 2.55. The van der Waals surface area contributed by atoms with Crippen LogP contribution in [0.5, 0.6) is 0 Å². The van der Waals surface area contributed by atoms with Crippen molar-refractivity contribution in [2.45, 2.75) is 0 Å². The molecule has 0 spiro atoms. The summed E-state index contributed by atoms with van der Waals surface area (Å²) in [5.74, 6) is 3.86. The minimum atomic E-state index is 0.634. The van der Waals surface area contributed by atoms with E-state index < -0.39 is 0 Å². The third-order valence-corrected chi connectivity index (χ3v) is 23.1. The normalized spacial score (nSPS) is 11.9.